The average molecular weight is 1030 g/mol. The van der Waals surface area contributed by atoms with E-state index in [2.05, 4.69) is 75.7 Å². The standard InChI is InChI=1S/C54H71F3N10O5S/c1-35-47(73-34-61-35)39-15-9-36(10-16-39)29-59-50(71)45-28-42(69)32-67(45)51(72)48(53(2,3)4)62-46(70)8-6-5-7-23-64-24-26-65(27-25-64)31-37-11-13-38(14-12-37)44-33-66(40-17-19-41(68)20-18-40)49-43(44)30-60-52(63-49)58-22-21-54(55,56)57/h9-16,30,33-34,40-42,45,48,68-69H,5-8,17-29,31-32H2,1-4H3,(H,59,71)(H,62,70)(H,58,60,63)/t40-,41-,42-,45+,48-/m1/s1. The minimum atomic E-state index is -4.28. The number of piperazine rings is 1. The number of thiazole rings is 1. The maximum Gasteiger partial charge on any atom is 0.390 e. The zero-order valence-electron chi connectivity index (χ0n) is 42.5. The summed E-state index contributed by atoms with van der Waals surface area (Å²) in [4.78, 5) is 61.8. The molecule has 5 aromatic rings. The van der Waals surface area contributed by atoms with Crippen LogP contribution in [0.15, 0.2) is 66.4 Å². The Morgan fingerprint density at radius 2 is 1.53 bits per heavy atom. The molecule has 2 aromatic carbocycles. The number of benzene rings is 2. The number of halogens is 3. The monoisotopic (exact) mass is 1030 g/mol. The summed E-state index contributed by atoms with van der Waals surface area (Å²) in [5, 5.41) is 30.3. The van der Waals surface area contributed by atoms with Crippen molar-refractivity contribution < 1.29 is 37.8 Å². The lowest BCUT2D eigenvalue weighted by atomic mass is 9.85. The molecule has 15 nitrogen and oxygen atoms in total. The second-order valence-corrected chi connectivity index (χ2v) is 22.1. The fraction of sp³-hybridized carbons (Fsp3) is 0.556. The lowest BCUT2D eigenvalue weighted by Crippen LogP contribution is -2.57. The molecule has 0 unspecified atom stereocenters. The van der Waals surface area contributed by atoms with Gasteiger partial charge in [-0.2, -0.15) is 18.2 Å². The van der Waals surface area contributed by atoms with Gasteiger partial charge in [0.1, 0.15) is 17.7 Å². The van der Waals surface area contributed by atoms with Crippen molar-refractivity contribution in [1.82, 2.24) is 44.9 Å². The van der Waals surface area contributed by atoms with E-state index >= 15 is 0 Å². The second-order valence-electron chi connectivity index (χ2n) is 21.2. The molecular formula is C54H71F3N10O5S. The van der Waals surface area contributed by atoms with Crippen LogP contribution in [0.5, 0.6) is 0 Å². The molecule has 3 aromatic heterocycles. The van der Waals surface area contributed by atoms with Gasteiger partial charge in [0.05, 0.1) is 34.7 Å². The topological polar surface area (TPSA) is 181 Å². The third kappa shape index (κ3) is 14.2. The van der Waals surface area contributed by atoms with E-state index in [1.165, 1.54) is 10.5 Å². The van der Waals surface area contributed by atoms with Crippen LogP contribution in [0.4, 0.5) is 19.1 Å². The summed E-state index contributed by atoms with van der Waals surface area (Å²) >= 11 is 1.58. The molecule has 2 aliphatic heterocycles. The normalized spacial score (nSPS) is 20.6. The quantitative estimate of drug-likeness (QED) is 0.0509. The molecule has 3 fully saturated rings. The van der Waals surface area contributed by atoms with E-state index in [0.717, 1.165) is 103 Å². The van der Waals surface area contributed by atoms with E-state index in [1.54, 1.807) is 17.5 Å². The number of likely N-dealkylation sites (tertiary alicyclic amines) is 1. The van der Waals surface area contributed by atoms with Crippen molar-refractivity contribution in [3.8, 4) is 21.6 Å². The Labute approximate surface area is 430 Å². The molecule has 0 radical (unpaired) electrons. The Kier molecular flexibility index (Phi) is 17.6. The fourth-order valence-corrected chi connectivity index (χ4v) is 11.1. The van der Waals surface area contributed by atoms with Crippen molar-refractivity contribution in [2.24, 2.45) is 5.41 Å². The van der Waals surface area contributed by atoms with E-state index < -0.39 is 36.2 Å². The number of alkyl halides is 3. The van der Waals surface area contributed by atoms with Crippen molar-refractivity contribution in [2.45, 2.75) is 142 Å². The van der Waals surface area contributed by atoms with Gasteiger partial charge in [0, 0.05) is 94.6 Å². The van der Waals surface area contributed by atoms with Crippen LogP contribution < -0.4 is 16.0 Å². The van der Waals surface area contributed by atoms with Gasteiger partial charge in [-0.1, -0.05) is 75.7 Å². The highest BCUT2D eigenvalue weighted by Crippen LogP contribution is 2.37. The van der Waals surface area contributed by atoms with Crippen LogP contribution in [0.25, 0.3) is 32.6 Å². The minimum Gasteiger partial charge on any atom is -0.393 e. The molecular weight excluding hydrogens is 958 g/mol. The Bertz CT molecular complexity index is 2640. The summed E-state index contributed by atoms with van der Waals surface area (Å²) in [6, 6.07) is 14.8. The molecule has 5 heterocycles. The summed E-state index contributed by atoms with van der Waals surface area (Å²) in [5.74, 6) is -0.757. The number of carbonyl (C=O) groups is 3. The van der Waals surface area contributed by atoms with Crippen molar-refractivity contribution in [3.05, 3.63) is 83.3 Å². The Balaban J connectivity index is 0.761. The largest absolute Gasteiger partial charge is 0.393 e. The van der Waals surface area contributed by atoms with Crippen LogP contribution >= 0.6 is 11.3 Å². The Morgan fingerprint density at radius 3 is 2.21 bits per heavy atom. The number of unbranched alkanes of at least 4 members (excludes halogenated alkanes) is 2. The lowest BCUT2D eigenvalue weighted by molar-refractivity contribution is -0.144. The van der Waals surface area contributed by atoms with Crippen molar-refractivity contribution in [3.63, 3.8) is 0 Å². The molecule has 394 valence electrons. The van der Waals surface area contributed by atoms with E-state index in [-0.39, 0.29) is 68.3 Å². The molecule has 0 spiro atoms. The zero-order valence-corrected chi connectivity index (χ0v) is 43.3. The van der Waals surface area contributed by atoms with E-state index in [9.17, 15) is 37.8 Å². The number of amides is 3. The van der Waals surface area contributed by atoms with Gasteiger partial charge in [0.25, 0.3) is 0 Å². The highest BCUT2D eigenvalue weighted by molar-refractivity contribution is 7.13. The van der Waals surface area contributed by atoms with Crippen LogP contribution in [0.1, 0.15) is 108 Å². The molecule has 8 rings (SSSR count). The van der Waals surface area contributed by atoms with Gasteiger partial charge < -0.3 is 40.5 Å². The number of fused-ring (bicyclic) bond motifs is 1. The lowest BCUT2D eigenvalue weighted by Gasteiger charge is -2.35. The predicted molar refractivity (Wildman–Crippen MR) is 277 cm³/mol. The number of hydrogen-bond acceptors (Lipinski definition) is 12. The molecule has 3 atom stereocenters. The maximum atomic E-state index is 14.1. The van der Waals surface area contributed by atoms with Gasteiger partial charge in [-0.15, -0.1) is 11.3 Å². The second kappa shape index (κ2) is 23.8. The van der Waals surface area contributed by atoms with Crippen LogP contribution in [0.2, 0.25) is 0 Å². The van der Waals surface area contributed by atoms with Crippen molar-refractivity contribution in [1.29, 1.82) is 0 Å². The van der Waals surface area contributed by atoms with E-state index in [0.29, 0.717) is 24.9 Å². The minimum absolute atomic E-state index is 0.0216. The number of anilines is 1. The van der Waals surface area contributed by atoms with Crippen molar-refractivity contribution >= 4 is 46.0 Å². The molecule has 1 saturated carbocycles. The number of rotatable bonds is 19. The van der Waals surface area contributed by atoms with Gasteiger partial charge in [-0.25, -0.2) is 9.97 Å². The third-order valence-electron chi connectivity index (χ3n) is 14.5. The van der Waals surface area contributed by atoms with E-state index in [1.807, 2.05) is 57.5 Å². The van der Waals surface area contributed by atoms with Crippen LogP contribution in [-0.4, -0.2) is 138 Å². The van der Waals surface area contributed by atoms with Gasteiger partial charge in [-0.3, -0.25) is 19.3 Å². The van der Waals surface area contributed by atoms with E-state index in [4.69, 9.17) is 0 Å². The first kappa shape index (κ1) is 53.8. The molecule has 3 aliphatic rings. The molecule has 1 aliphatic carbocycles. The van der Waals surface area contributed by atoms with Crippen LogP contribution in [0.3, 0.4) is 0 Å². The number of aliphatic hydroxyl groups is 2. The molecule has 2 saturated heterocycles. The smallest absolute Gasteiger partial charge is 0.390 e. The van der Waals surface area contributed by atoms with Gasteiger partial charge in [0.15, 0.2) is 0 Å². The van der Waals surface area contributed by atoms with Crippen LogP contribution in [-0.2, 0) is 27.5 Å². The van der Waals surface area contributed by atoms with Gasteiger partial charge >= 0.3 is 6.18 Å². The molecule has 19 heteroatoms. The molecule has 5 N–H and O–H groups in total. The summed E-state index contributed by atoms with van der Waals surface area (Å²) in [5.41, 5.74) is 7.95. The number of carbonyl (C=O) groups excluding carboxylic acids is 3. The first-order valence-corrected chi connectivity index (χ1v) is 26.7. The number of aromatic nitrogens is 4. The first-order valence-electron chi connectivity index (χ1n) is 25.8. The summed E-state index contributed by atoms with van der Waals surface area (Å²) in [7, 11) is 0. The average Bonchev–Trinajstić information content (AvgIpc) is 4.09. The SMILES string of the molecule is Cc1ncsc1-c1ccc(CNC(=O)[C@@H]2C[C@@H](O)CN2C(=O)[C@@H](NC(=O)CCCCCN2CCN(Cc3ccc(-c4cn([C@H]5CC[C@H](O)CC5)c5nc(NCCC(F)(F)F)ncc45)cc3)CC2)C(C)(C)C)cc1. The number of nitrogens with zero attached hydrogens (tertiary/aromatic N) is 7. The highest BCUT2D eigenvalue weighted by atomic mass is 32.1. The highest BCUT2D eigenvalue weighted by Gasteiger charge is 2.44. The zero-order chi connectivity index (χ0) is 51.9. The molecule has 0 bridgehead atoms. The number of aliphatic hydroxyl groups excluding tert-OH is 2. The number of nitrogens with one attached hydrogen (secondary N) is 3. The van der Waals surface area contributed by atoms with Crippen molar-refractivity contribution in [2.75, 3.05) is 51.1 Å². The summed E-state index contributed by atoms with van der Waals surface area (Å²) in [6.07, 6.45) is 3.20. The van der Waals surface area contributed by atoms with Gasteiger partial charge in [0.2, 0.25) is 23.7 Å². The Hall–Kier alpha value is -5.47. The number of hydrogen-bond donors (Lipinski definition) is 5. The number of β-amino-alcohol motifs (C(OH)–C–C–N with tert-alkyl or cyclic N) is 1. The summed E-state index contributed by atoms with van der Waals surface area (Å²) in [6.45, 7) is 13.2. The maximum absolute atomic E-state index is 14.1. The molecule has 3 amide bonds. The molecule has 73 heavy (non-hydrogen) atoms. The first-order chi connectivity index (χ1) is 34.9. The fourth-order valence-electron chi connectivity index (χ4n) is 10.3. The van der Waals surface area contributed by atoms with Gasteiger partial charge in [-0.05, 0) is 79.7 Å². The third-order valence-corrected chi connectivity index (χ3v) is 15.5. The number of aryl methyl sites for hydroxylation is 1. The van der Waals surface area contributed by atoms with Crippen LogP contribution in [0, 0.1) is 12.3 Å². The predicted octanol–water partition coefficient (Wildman–Crippen LogP) is 7.86. The summed E-state index contributed by atoms with van der Waals surface area (Å²) < 4.78 is 40.6. The Morgan fingerprint density at radius 1 is 0.849 bits per heavy atom.